The third kappa shape index (κ3) is 8.89. The lowest BCUT2D eigenvalue weighted by molar-refractivity contribution is -0.116. The van der Waals surface area contributed by atoms with Crippen molar-refractivity contribution in [1.82, 2.24) is 14.8 Å². The molecule has 0 aliphatic carbocycles. The van der Waals surface area contributed by atoms with Crippen molar-refractivity contribution >= 4 is 17.5 Å². The van der Waals surface area contributed by atoms with Crippen molar-refractivity contribution in [3.63, 3.8) is 0 Å². The van der Waals surface area contributed by atoms with Gasteiger partial charge in [-0.05, 0) is 77.4 Å². The van der Waals surface area contributed by atoms with E-state index in [9.17, 15) is 9.59 Å². The van der Waals surface area contributed by atoms with E-state index in [0.717, 1.165) is 54.9 Å². The van der Waals surface area contributed by atoms with E-state index in [0.29, 0.717) is 25.2 Å². The van der Waals surface area contributed by atoms with E-state index in [2.05, 4.69) is 65.3 Å². The van der Waals surface area contributed by atoms with E-state index >= 15 is 0 Å². The molecule has 0 radical (unpaired) electrons. The van der Waals surface area contributed by atoms with Gasteiger partial charge >= 0.3 is 0 Å². The molecule has 1 aromatic heterocycles. The van der Waals surface area contributed by atoms with E-state index < -0.39 is 0 Å². The minimum atomic E-state index is 0.00614. The molecule has 6 nitrogen and oxygen atoms in total. The topological polar surface area (TPSA) is 56.8 Å². The van der Waals surface area contributed by atoms with Gasteiger partial charge in [-0.1, -0.05) is 80.8 Å². The number of hydrogen-bond donors (Lipinski definition) is 0. The minimum absolute atomic E-state index is 0.00614. The van der Waals surface area contributed by atoms with Crippen molar-refractivity contribution in [1.29, 1.82) is 0 Å². The number of aryl methyl sites for hydroxylation is 1. The Bertz CT molecular complexity index is 1520. The van der Waals surface area contributed by atoms with Gasteiger partial charge in [0, 0.05) is 69.8 Å². The van der Waals surface area contributed by atoms with Crippen LogP contribution in [0.2, 0.25) is 0 Å². The Morgan fingerprint density at radius 1 is 0.778 bits per heavy atom. The Kier molecular flexibility index (Phi) is 11.5. The number of aromatic nitrogens is 1. The maximum atomic E-state index is 14.2. The fourth-order valence-electron chi connectivity index (χ4n) is 6.17. The number of anilines is 1. The fraction of sp³-hybridized carbons (Fsp3) is 0.359. The van der Waals surface area contributed by atoms with Crippen molar-refractivity contribution < 1.29 is 9.59 Å². The number of unbranched alkanes of at least 4 members (excludes halogenated alkanes) is 3. The molecule has 0 spiro atoms. The van der Waals surface area contributed by atoms with Gasteiger partial charge in [-0.25, -0.2) is 0 Å². The first-order valence-corrected chi connectivity index (χ1v) is 16.5. The summed E-state index contributed by atoms with van der Waals surface area (Å²) in [5.74, 6) is 0.0187. The van der Waals surface area contributed by atoms with Crippen LogP contribution in [0.15, 0.2) is 97.3 Å². The summed E-state index contributed by atoms with van der Waals surface area (Å²) >= 11 is 0. The first-order valence-electron chi connectivity index (χ1n) is 16.5. The van der Waals surface area contributed by atoms with Gasteiger partial charge in [-0.2, -0.15) is 0 Å². The molecule has 0 bridgehead atoms. The highest BCUT2D eigenvalue weighted by molar-refractivity contribution is 5.95. The molecule has 3 aromatic carbocycles. The Labute approximate surface area is 268 Å². The highest BCUT2D eigenvalue weighted by Crippen LogP contribution is 2.30. The highest BCUT2D eigenvalue weighted by Gasteiger charge is 2.24. The molecule has 0 N–H and O–H groups in total. The number of pyridine rings is 1. The first-order chi connectivity index (χ1) is 22.0. The van der Waals surface area contributed by atoms with Crippen molar-refractivity contribution in [3.8, 4) is 11.1 Å². The van der Waals surface area contributed by atoms with Gasteiger partial charge in [0.15, 0.2) is 0 Å². The molecular weight excluding hydrogens is 556 g/mol. The minimum Gasteiger partial charge on any atom is -0.333 e. The van der Waals surface area contributed by atoms with E-state index in [1.165, 1.54) is 36.8 Å². The predicted molar refractivity (Wildman–Crippen MR) is 183 cm³/mol. The van der Waals surface area contributed by atoms with Crippen LogP contribution in [0.3, 0.4) is 0 Å². The van der Waals surface area contributed by atoms with Crippen LogP contribution < -0.4 is 4.90 Å². The van der Waals surface area contributed by atoms with Gasteiger partial charge in [0.1, 0.15) is 0 Å². The molecule has 4 aromatic rings. The second-order valence-electron chi connectivity index (χ2n) is 12.1. The number of amides is 2. The molecular formula is C39H46N4O2. The number of fused-ring (bicyclic) bond motifs is 1. The zero-order valence-electron chi connectivity index (χ0n) is 26.8. The zero-order valence-corrected chi connectivity index (χ0v) is 26.8. The third-order valence-electron chi connectivity index (χ3n) is 8.70. The average Bonchev–Trinajstić information content (AvgIpc) is 3.10. The summed E-state index contributed by atoms with van der Waals surface area (Å²) < 4.78 is 0. The Morgan fingerprint density at radius 2 is 1.60 bits per heavy atom. The maximum absolute atomic E-state index is 14.2. The van der Waals surface area contributed by atoms with Gasteiger partial charge in [-0.3, -0.25) is 19.5 Å². The molecule has 45 heavy (non-hydrogen) atoms. The van der Waals surface area contributed by atoms with Gasteiger partial charge in [0.25, 0.3) is 5.91 Å². The van der Waals surface area contributed by atoms with E-state index in [4.69, 9.17) is 0 Å². The number of benzene rings is 3. The molecule has 6 heteroatoms. The smallest absolute Gasteiger partial charge is 0.254 e. The number of carbonyl (C=O) groups excluding carboxylic acids is 2. The third-order valence-corrected chi connectivity index (χ3v) is 8.70. The van der Waals surface area contributed by atoms with Crippen LogP contribution in [0.4, 0.5) is 5.69 Å². The summed E-state index contributed by atoms with van der Waals surface area (Å²) in [6.07, 6.45) is 10.4. The zero-order chi connectivity index (χ0) is 31.4. The van der Waals surface area contributed by atoms with Gasteiger partial charge in [0.2, 0.25) is 5.91 Å². The van der Waals surface area contributed by atoms with E-state index in [-0.39, 0.29) is 11.8 Å². The number of rotatable bonds is 9. The quantitative estimate of drug-likeness (QED) is 0.184. The van der Waals surface area contributed by atoms with Gasteiger partial charge < -0.3 is 9.80 Å². The van der Waals surface area contributed by atoms with Crippen molar-refractivity contribution in [2.45, 2.75) is 65.5 Å². The number of carbonyl (C=O) groups is 2. The molecule has 234 valence electrons. The van der Waals surface area contributed by atoms with Crippen molar-refractivity contribution in [2.24, 2.45) is 0 Å². The summed E-state index contributed by atoms with van der Waals surface area (Å²) in [5.41, 5.74) is 7.07. The molecule has 1 aliphatic heterocycles. The Hall–Kier alpha value is -4.29. The molecule has 2 heterocycles. The second kappa shape index (κ2) is 16.1. The van der Waals surface area contributed by atoms with Crippen LogP contribution in [-0.2, 0) is 24.3 Å². The monoisotopic (exact) mass is 602 g/mol. The normalized spacial score (nSPS) is 14.4. The summed E-state index contributed by atoms with van der Waals surface area (Å²) in [6.45, 7) is 7.84. The van der Waals surface area contributed by atoms with Crippen LogP contribution in [0.25, 0.3) is 11.1 Å². The summed E-state index contributed by atoms with van der Waals surface area (Å²) in [6, 6.07) is 28.8. The lowest BCUT2D eigenvalue weighted by Gasteiger charge is -2.28. The van der Waals surface area contributed by atoms with Crippen LogP contribution >= 0.6 is 0 Å². The molecule has 5 rings (SSSR count). The SMILES string of the molecule is CCCCCCc1ccc(C(=O)N2CCN(Cc3ccccc3)CCCN(C(C)=O)c3ccc(-c4cccnc4)cc3C2)cc1. The van der Waals surface area contributed by atoms with Crippen LogP contribution in [0, 0.1) is 0 Å². The number of nitrogens with zero attached hydrogens (tertiary/aromatic N) is 4. The molecule has 0 unspecified atom stereocenters. The molecule has 0 atom stereocenters. The van der Waals surface area contributed by atoms with Crippen LogP contribution in [0.5, 0.6) is 0 Å². The molecule has 2 amide bonds. The standard InChI is InChI=1S/C39H46N4O2/c1-3-4-5-7-12-32-16-18-34(19-17-32)39(45)42-26-25-41(29-33-13-8-6-9-14-33)23-11-24-43(31(2)44)38-21-20-35(27-37(38)30-42)36-15-10-22-40-28-36/h6,8-10,13-22,27-28H,3-5,7,11-12,23-26,29-30H2,1-2H3. The predicted octanol–water partition coefficient (Wildman–Crippen LogP) is 7.77. The molecule has 0 saturated heterocycles. The summed E-state index contributed by atoms with van der Waals surface area (Å²) in [7, 11) is 0. The lowest BCUT2D eigenvalue weighted by Crippen LogP contribution is -2.38. The van der Waals surface area contributed by atoms with Crippen molar-refractivity contribution in [3.05, 3.63) is 120 Å². The second-order valence-corrected chi connectivity index (χ2v) is 12.1. The summed E-state index contributed by atoms with van der Waals surface area (Å²) in [4.78, 5) is 37.8. The number of hydrogen-bond acceptors (Lipinski definition) is 4. The van der Waals surface area contributed by atoms with Gasteiger partial charge in [0.05, 0.1) is 0 Å². The maximum Gasteiger partial charge on any atom is 0.254 e. The lowest BCUT2D eigenvalue weighted by atomic mass is 10.0. The van der Waals surface area contributed by atoms with Gasteiger partial charge in [-0.15, -0.1) is 0 Å². The highest BCUT2D eigenvalue weighted by atomic mass is 16.2. The van der Waals surface area contributed by atoms with E-state index in [1.54, 1.807) is 13.1 Å². The molecule has 0 saturated carbocycles. The van der Waals surface area contributed by atoms with E-state index in [1.807, 2.05) is 52.4 Å². The Balaban J connectivity index is 1.47. The molecule has 0 fully saturated rings. The fourth-order valence-corrected chi connectivity index (χ4v) is 6.17. The van der Waals surface area contributed by atoms with Crippen LogP contribution in [-0.4, -0.2) is 52.8 Å². The first kappa shape index (κ1) is 32.1. The largest absolute Gasteiger partial charge is 0.333 e. The Morgan fingerprint density at radius 3 is 2.33 bits per heavy atom. The van der Waals surface area contributed by atoms with Crippen molar-refractivity contribution in [2.75, 3.05) is 31.1 Å². The molecule has 1 aliphatic rings. The van der Waals surface area contributed by atoms with Crippen LogP contribution in [0.1, 0.15) is 73.0 Å². The average molecular weight is 603 g/mol. The summed E-state index contributed by atoms with van der Waals surface area (Å²) in [5, 5.41) is 0.